The number of aryl methyl sites for hydroxylation is 2. The maximum atomic E-state index is 10.5. The number of likely N-dealkylation sites (tertiary alicyclic amines) is 1. The van der Waals surface area contributed by atoms with Crippen LogP contribution < -0.4 is 4.74 Å². The highest BCUT2D eigenvalue weighted by molar-refractivity contribution is 5.28. The van der Waals surface area contributed by atoms with Crippen molar-refractivity contribution in [3.8, 4) is 5.75 Å². The monoisotopic (exact) mass is 343 g/mol. The van der Waals surface area contributed by atoms with Gasteiger partial charge in [0.1, 0.15) is 24.3 Å². The minimum Gasteiger partial charge on any atom is -0.492 e. The Labute approximate surface area is 150 Å². The lowest BCUT2D eigenvalue weighted by Crippen LogP contribution is -2.38. The Balaban J connectivity index is 1.41. The standard InChI is InChI=1S/C20H29N3O2/c1-3-16-5-4-6-18(15-16)25-14-13-23-10-7-17(8-11-23)19(24)20-21-9-12-22(20)2/h4-6,9,12,15,17,19,24H,3,7-8,10-11,13-14H2,1-2H3. The third kappa shape index (κ3) is 4.61. The van der Waals surface area contributed by atoms with Crippen molar-refractivity contribution in [1.82, 2.24) is 14.5 Å². The Bertz CT molecular complexity index is 662. The molecule has 1 aliphatic rings. The minimum atomic E-state index is -0.463. The molecule has 136 valence electrons. The number of hydrogen-bond donors (Lipinski definition) is 1. The quantitative estimate of drug-likeness (QED) is 0.840. The predicted molar refractivity (Wildman–Crippen MR) is 98.6 cm³/mol. The van der Waals surface area contributed by atoms with Gasteiger partial charge in [0.2, 0.25) is 0 Å². The van der Waals surface area contributed by atoms with Crippen LogP contribution in [0.25, 0.3) is 0 Å². The van der Waals surface area contributed by atoms with Crippen LogP contribution in [0.3, 0.4) is 0 Å². The molecular formula is C20H29N3O2. The summed E-state index contributed by atoms with van der Waals surface area (Å²) in [4.78, 5) is 6.71. The maximum Gasteiger partial charge on any atom is 0.137 e. The Hall–Kier alpha value is -1.85. The first kappa shape index (κ1) is 18.0. The van der Waals surface area contributed by atoms with Crippen molar-refractivity contribution in [3.63, 3.8) is 0 Å². The molecule has 1 aliphatic heterocycles. The van der Waals surface area contributed by atoms with Crippen LogP contribution in [0.2, 0.25) is 0 Å². The third-order valence-electron chi connectivity index (χ3n) is 5.18. The van der Waals surface area contributed by atoms with Crippen molar-refractivity contribution < 1.29 is 9.84 Å². The van der Waals surface area contributed by atoms with Crippen LogP contribution in [0.15, 0.2) is 36.7 Å². The van der Waals surface area contributed by atoms with E-state index < -0.39 is 6.10 Å². The fourth-order valence-corrected chi connectivity index (χ4v) is 3.51. The molecule has 0 spiro atoms. The summed E-state index contributed by atoms with van der Waals surface area (Å²) >= 11 is 0. The first-order valence-corrected chi connectivity index (χ1v) is 9.26. The molecule has 1 aromatic carbocycles. The molecule has 0 radical (unpaired) electrons. The normalized spacial score (nSPS) is 17.6. The molecular weight excluding hydrogens is 314 g/mol. The van der Waals surface area contributed by atoms with Gasteiger partial charge in [-0.3, -0.25) is 4.90 Å². The molecule has 1 unspecified atom stereocenters. The summed E-state index contributed by atoms with van der Waals surface area (Å²) in [5.41, 5.74) is 1.31. The van der Waals surface area contributed by atoms with E-state index in [1.54, 1.807) is 6.20 Å². The second-order valence-corrected chi connectivity index (χ2v) is 6.87. The number of aliphatic hydroxyl groups is 1. The van der Waals surface area contributed by atoms with Gasteiger partial charge in [0, 0.05) is 26.0 Å². The van der Waals surface area contributed by atoms with E-state index in [4.69, 9.17) is 4.74 Å². The number of nitrogens with zero attached hydrogens (tertiary/aromatic N) is 3. The largest absolute Gasteiger partial charge is 0.492 e. The highest BCUT2D eigenvalue weighted by atomic mass is 16.5. The molecule has 0 aliphatic carbocycles. The topological polar surface area (TPSA) is 50.5 Å². The lowest BCUT2D eigenvalue weighted by atomic mass is 9.91. The molecule has 5 heteroatoms. The molecule has 2 heterocycles. The molecule has 2 aromatic rings. The van der Waals surface area contributed by atoms with E-state index in [-0.39, 0.29) is 0 Å². The van der Waals surface area contributed by atoms with Crippen LogP contribution in [-0.2, 0) is 13.5 Å². The number of aliphatic hydroxyl groups excluding tert-OH is 1. The average Bonchev–Trinajstić information content (AvgIpc) is 3.08. The summed E-state index contributed by atoms with van der Waals surface area (Å²) in [5, 5.41) is 10.5. The van der Waals surface area contributed by atoms with Gasteiger partial charge in [-0.1, -0.05) is 19.1 Å². The molecule has 1 N–H and O–H groups in total. The van der Waals surface area contributed by atoms with E-state index in [1.807, 2.05) is 23.9 Å². The number of benzene rings is 1. The van der Waals surface area contributed by atoms with Crippen molar-refractivity contribution in [2.45, 2.75) is 32.3 Å². The molecule has 0 bridgehead atoms. The Kier molecular flexibility index (Phi) is 6.10. The molecule has 1 fully saturated rings. The molecule has 1 aromatic heterocycles. The van der Waals surface area contributed by atoms with E-state index >= 15 is 0 Å². The fourth-order valence-electron chi connectivity index (χ4n) is 3.51. The van der Waals surface area contributed by atoms with Crippen molar-refractivity contribution in [1.29, 1.82) is 0 Å². The summed E-state index contributed by atoms with van der Waals surface area (Å²) in [6.45, 7) is 5.80. The SMILES string of the molecule is CCc1cccc(OCCN2CCC(C(O)c3nccn3C)CC2)c1. The number of ether oxygens (including phenoxy) is 1. The third-order valence-corrected chi connectivity index (χ3v) is 5.18. The lowest BCUT2D eigenvalue weighted by Gasteiger charge is -2.33. The van der Waals surface area contributed by atoms with E-state index in [0.29, 0.717) is 12.5 Å². The maximum absolute atomic E-state index is 10.5. The second-order valence-electron chi connectivity index (χ2n) is 6.87. The molecule has 3 rings (SSSR count). The smallest absolute Gasteiger partial charge is 0.137 e. The summed E-state index contributed by atoms with van der Waals surface area (Å²) in [6, 6.07) is 8.33. The van der Waals surface area contributed by atoms with E-state index in [2.05, 4.69) is 35.0 Å². The summed E-state index contributed by atoms with van der Waals surface area (Å²) < 4.78 is 7.81. The van der Waals surface area contributed by atoms with Gasteiger partial charge in [-0.15, -0.1) is 0 Å². The predicted octanol–water partition coefficient (Wildman–Crippen LogP) is 2.81. The van der Waals surface area contributed by atoms with Crippen LogP contribution in [-0.4, -0.2) is 45.8 Å². The van der Waals surface area contributed by atoms with Crippen LogP contribution >= 0.6 is 0 Å². The molecule has 5 nitrogen and oxygen atoms in total. The number of rotatable bonds is 7. The molecule has 1 saturated heterocycles. The van der Waals surface area contributed by atoms with E-state index in [1.165, 1.54) is 5.56 Å². The van der Waals surface area contributed by atoms with Crippen molar-refractivity contribution >= 4 is 0 Å². The summed E-state index contributed by atoms with van der Waals surface area (Å²) in [6.07, 6.45) is 6.20. The van der Waals surface area contributed by atoms with E-state index in [9.17, 15) is 5.11 Å². The Morgan fingerprint density at radius 2 is 2.12 bits per heavy atom. The van der Waals surface area contributed by atoms with Gasteiger partial charge in [-0.25, -0.2) is 4.98 Å². The Morgan fingerprint density at radius 3 is 2.80 bits per heavy atom. The van der Waals surface area contributed by atoms with Gasteiger partial charge >= 0.3 is 0 Å². The highest BCUT2D eigenvalue weighted by Gasteiger charge is 2.28. The number of aromatic nitrogens is 2. The zero-order valence-corrected chi connectivity index (χ0v) is 15.3. The summed E-state index contributed by atoms with van der Waals surface area (Å²) in [5.74, 6) is 2.02. The molecule has 0 amide bonds. The second kappa shape index (κ2) is 8.50. The van der Waals surface area contributed by atoms with Crippen molar-refractivity contribution in [3.05, 3.63) is 48.0 Å². The van der Waals surface area contributed by atoms with Crippen molar-refractivity contribution in [2.24, 2.45) is 13.0 Å². The van der Waals surface area contributed by atoms with Gasteiger partial charge in [0.25, 0.3) is 0 Å². The zero-order chi connectivity index (χ0) is 17.6. The molecule has 25 heavy (non-hydrogen) atoms. The number of piperidine rings is 1. The average molecular weight is 343 g/mol. The van der Waals surface area contributed by atoms with Gasteiger partial charge in [-0.05, 0) is 56.0 Å². The number of imidazole rings is 1. The Morgan fingerprint density at radius 1 is 1.32 bits per heavy atom. The van der Waals surface area contributed by atoms with Gasteiger partial charge < -0.3 is 14.4 Å². The first-order chi connectivity index (χ1) is 12.2. The van der Waals surface area contributed by atoms with Gasteiger partial charge in [-0.2, -0.15) is 0 Å². The van der Waals surface area contributed by atoms with Crippen LogP contribution in [0.5, 0.6) is 5.75 Å². The summed E-state index contributed by atoms with van der Waals surface area (Å²) in [7, 11) is 1.94. The minimum absolute atomic E-state index is 0.291. The lowest BCUT2D eigenvalue weighted by molar-refractivity contribution is 0.0478. The number of hydrogen-bond acceptors (Lipinski definition) is 4. The molecule has 1 atom stereocenters. The van der Waals surface area contributed by atoms with Crippen LogP contribution in [0.1, 0.15) is 37.3 Å². The van der Waals surface area contributed by atoms with Gasteiger partial charge in [0.05, 0.1) is 0 Å². The van der Waals surface area contributed by atoms with Crippen molar-refractivity contribution in [2.75, 3.05) is 26.2 Å². The highest BCUT2D eigenvalue weighted by Crippen LogP contribution is 2.29. The van der Waals surface area contributed by atoms with Gasteiger partial charge in [0.15, 0.2) is 0 Å². The zero-order valence-electron chi connectivity index (χ0n) is 15.3. The first-order valence-electron chi connectivity index (χ1n) is 9.26. The van der Waals surface area contributed by atoms with Crippen LogP contribution in [0.4, 0.5) is 0 Å². The molecule has 0 saturated carbocycles. The fraction of sp³-hybridized carbons (Fsp3) is 0.550. The van der Waals surface area contributed by atoms with E-state index in [0.717, 1.165) is 50.5 Å². The van der Waals surface area contributed by atoms with Crippen LogP contribution in [0, 0.1) is 5.92 Å².